The van der Waals surface area contributed by atoms with Crippen molar-refractivity contribution in [2.24, 2.45) is 11.8 Å². The van der Waals surface area contributed by atoms with Gasteiger partial charge in [0.15, 0.2) is 5.78 Å². The zero-order chi connectivity index (χ0) is 20.6. The van der Waals surface area contributed by atoms with Crippen LogP contribution in [0.15, 0.2) is 79.4 Å². The monoisotopic (exact) mass is 390 g/mol. The molecule has 2 aromatic carbocycles. The number of rotatable bonds is 9. The first-order valence-electron chi connectivity index (χ1n) is 9.59. The summed E-state index contributed by atoms with van der Waals surface area (Å²) in [6, 6.07) is 12.2. The zero-order valence-electron chi connectivity index (χ0n) is 16.1. The molecule has 0 fully saturated rings. The third kappa shape index (κ3) is 5.85. The third-order valence-corrected chi connectivity index (χ3v) is 4.92. The lowest BCUT2D eigenvalue weighted by atomic mass is 9.86. The van der Waals surface area contributed by atoms with Gasteiger partial charge in [0.25, 0.3) is 0 Å². The molecule has 3 rings (SSSR count). The quantitative estimate of drug-likeness (QED) is 0.241. The molecule has 0 saturated heterocycles. The smallest absolute Gasteiger partial charge is 0.338 e. The first kappa shape index (κ1) is 20.5. The van der Waals surface area contributed by atoms with Gasteiger partial charge in [-0.1, -0.05) is 48.6 Å². The van der Waals surface area contributed by atoms with Crippen molar-refractivity contribution in [3.8, 4) is 0 Å². The van der Waals surface area contributed by atoms with Gasteiger partial charge in [-0.05, 0) is 54.7 Å². The predicted octanol–water partition coefficient (Wildman–Crippen LogP) is 5.65. The number of hydrogen-bond acceptors (Lipinski definition) is 3. The van der Waals surface area contributed by atoms with Gasteiger partial charge in [0.05, 0.1) is 12.2 Å². The summed E-state index contributed by atoms with van der Waals surface area (Å²) >= 11 is 0. The van der Waals surface area contributed by atoms with E-state index in [0.717, 1.165) is 18.4 Å². The van der Waals surface area contributed by atoms with Crippen LogP contribution in [-0.2, 0) is 4.74 Å². The second kappa shape index (κ2) is 9.78. The van der Waals surface area contributed by atoms with Crippen molar-refractivity contribution < 1.29 is 18.7 Å². The molecule has 3 nitrogen and oxygen atoms in total. The van der Waals surface area contributed by atoms with E-state index in [-0.39, 0.29) is 17.5 Å². The van der Waals surface area contributed by atoms with Crippen molar-refractivity contribution in [1.82, 2.24) is 0 Å². The molecular weight excluding hydrogens is 367 g/mol. The Balaban J connectivity index is 1.53. The third-order valence-electron chi connectivity index (χ3n) is 4.92. The number of carbonyl (C=O) groups excluding carboxylic acids is 2. The molecule has 0 amide bonds. The van der Waals surface area contributed by atoms with Crippen LogP contribution < -0.4 is 0 Å². The maximum Gasteiger partial charge on any atom is 0.338 e. The Kier molecular flexibility index (Phi) is 6.90. The molecule has 4 heteroatoms. The fourth-order valence-electron chi connectivity index (χ4n) is 3.00. The topological polar surface area (TPSA) is 43.4 Å². The summed E-state index contributed by atoms with van der Waals surface area (Å²) in [5.41, 5.74) is 1.59. The van der Waals surface area contributed by atoms with Crippen LogP contribution in [-0.4, -0.2) is 18.4 Å². The van der Waals surface area contributed by atoms with Crippen LogP contribution in [0.2, 0.25) is 0 Å². The van der Waals surface area contributed by atoms with E-state index >= 15 is 0 Å². The molecule has 0 heterocycles. The molecule has 0 aliphatic heterocycles. The number of halogens is 1. The number of esters is 1. The molecule has 1 aliphatic carbocycles. The number of hydrogen-bond donors (Lipinski definition) is 0. The molecule has 0 radical (unpaired) electrons. The van der Waals surface area contributed by atoms with Crippen LogP contribution in [0.5, 0.6) is 0 Å². The van der Waals surface area contributed by atoms with Crippen molar-refractivity contribution in [2.45, 2.75) is 12.8 Å². The Bertz CT molecular complexity index is 924. The Morgan fingerprint density at radius 1 is 1.10 bits per heavy atom. The number of benzene rings is 2. The van der Waals surface area contributed by atoms with Gasteiger partial charge in [0.2, 0.25) is 0 Å². The van der Waals surface area contributed by atoms with Crippen LogP contribution in [0.4, 0.5) is 4.39 Å². The Morgan fingerprint density at radius 3 is 2.34 bits per heavy atom. The lowest BCUT2D eigenvalue weighted by Gasteiger charge is -2.22. The molecular formula is C25H23FO3. The van der Waals surface area contributed by atoms with E-state index in [1.165, 1.54) is 18.2 Å². The SMILES string of the molecule is C=CC(COC(=O)c1ccc(C(=O)/C=C/c2ccc(F)cc2)cc1)CC1C=CC1. The normalized spacial score (nSPS) is 16.2. The molecule has 0 aromatic heterocycles. The highest BCUT2D eigenvalue weighted by atomic mass is 19.1. The van der Waals surface area contributed by atoms with Crippen LogP contribution >= 0.6 is 0 Å². The van der Waals surface area contributed by atoms with Crippen molar-refractivity contribution in [1.29, 1.82) is 0 Å². The average Bonchev–Trinajstić information content (AvgIpc) is 2.72. The van der Waals surface area contributed by atoms with E-state index in [1.54, 1.807) is 42.5 Å². The first-order chi connectivity index (χ1) is 14.0. The number of ether oxygens (including phenoxy) is 1. The molecule has 1 aliphatic rings. The highest BCUT2D eigenvalue weighted by molar-refractivity contribution is 6.07. The largest absolute Gasteiger partial charge is 0.461 e. The van der Waals surface area contributed by atoms with Crippen molar-refractivity contribution in [3.05, 3.63) is 102 Å². The summed E-state index contributed by atoms with van der Waals surface area (Å²) < 4.78 is 18.3. The minimum Gasteiger partial charge on any atom is -0.461 e. The minimum absolute atomic E-state index is 0.131. The molecule has 0 N–H and O–H groups in total. The van der Waals surface area contributed by atoms with E-state index < -0.39 is 5.97 Å². The molecule has 148 valence electrons. The van der Waals surface area contributed by atoms with Crippen LogP contribution in [0.3, 0.4) is 0 Å². The van der Waals surface area contributed by atoms with Crippen molar-refractivity contribution in [3.63, 3.8) is 0 Å². The van der Waals surface area contributed by atoms with Gasteiger partial charge in [-0.2, -0.15) is 0 Å². The van der Waals surface area contributed by atoms with Gasteiger partial charge in [-0.25, -0.2) is 9.18 Å². The molecule has 0 spiro atoms. The average molecular weight is 390 g/mol. The second-order valence-corrected chi connectivity index (χ2v) is 7.08. The minimum atomic E-state index is -0.415. The molecule has 29 heavy (non-hydrogen) atoms. The molecule has 2 atom stereocenters. The summed E-state index contributed by atoms with van der Waals surface area (Å²) in [6.07, 6.45) is 11.2. The molecule has 0 bridgehead atoms. The number of ketones is 1. The fraction of sp³-hybridized carbons (Fsp3) is 0.200. The predicted molar refractivity (Wildman–Crippen MR) is 112 cm³/mol. The van der Waals surface area contributed by atoms with Gasteiger partial charge >= 0.3 is 5.97 Å². The van der Waals surface area contributed by atoms with E-state index in [0.29, 0.717) is 23.7 Å². The Hall–Kier alpha value is -3.27. The lowest BCUT2D eigenvalue weighted by Crippen LogP contribution is -2.17. The van der Waals surface area contributed by atoms with E-state index in [4.69, 9.17) is 4.74 Å². The lowest BCUT2D eigenvalue weighted by molar-refractivity contribution is 0.0454. The molecule has 2 aromatic rings. The summed E-state index contributed by atoms with van der Waals surface area (Å²) in [7, 11) is 0. The molecule has 2 unspecified atom stereocenters. The summed E-state index contributed by atoms with van der Waals surface area (Å²) in [5.74, 6) is -0.261. The summed E-state index contributed by atoms with van der Waals surface area (Å²) in [4.78, 5) is 24.5. The van der Waals surface area contributed by atoms with Crippen molar-refractivity contribution >= 4 is 17.8 Å². The van der Waals surface area contributed by atoms with Gasteiger partial charge in [-0.3, -0.25) is 4.79 Å². The van der Waals surface area contributed by atoms with Gasteiger partial charge in [-0.15, -0.1) is 6.58 Å². The van der Waals surface area contributed by atoms with E-state index in [9.17, 15) is 14.0 Å². The highest BCUT2D eigenvalue weighted by Gasteiger charge is 2.17. The zero-order valence-corrected chi connectivity index (χ0v) is 16.1. The highest BCUT2D eigenvalue weighted by Crippen LogP contribution is 2.25. The number of carbonyl (C=O) groups is 2. The second-order valence-electron chi connectivity index (χ2n) is 7.08. The Labute approximate surface area is 170 Å². The summed E-state index contributed by atoms with van der Waals surface area (Å²) in [5, 5.41) is 0. The van der Waals surface area contributed by atoms with Gasteiger partial charge in [0, 0.05) is 11.5 Å². The maximum absolute atomic E-state index is 12.9. The maximum atomic E-state index is 12.9. The number of allylic oxidation sites excluding steroid dienone is 3. The Morgan fingerprint density at radius 2 is 1.76 bits per heavy atom. The molecule has 0 saturated carbocycles. The van der Waals surface area contributed by atoms with Gasteiger partial charge < -0.3 is 4.74 Å². The van der Waals surface area contributed by atoms with E-state index in [1.807, 2.05) is 6.08 Å². The van der Waals surface area contributed by atoms with E-state index in [2.05, 4.69) is 18.7 Å². The van der Waals surface area contributed by atoms with Crippen LogP contribution in [0.1, 0.15) is 39.1 Å². The summed E-state index contributed by atoms with van der Waals surface area (Å²) in [6.45, 7) is 4.12. The van der Waals surface area contributed by atoms with Crippen LogP contribution in [0, 0.1) is 17.7 Å². The van der Waals surface area contributed by atoms with Crippen LogP contribution in [0.25, 0.3) is 6.08 Å². The first-order valence-corrected chi connectivity index (χ1v) is 9.59. The fourth-order valence-corrected chi connectivity index (χ4v) is 3.00. The van der Waals surface area contributed by atoms with Crippen molar-refractivity contribution in [2.75, 3.05) is 6.61 Å². The van der Waals surface area contributed by atoms with Gasteiger partial charge in [0.1, 0.15) is 5.82 Å². The standard InChI is InChI=1S/C25H23FO3/c1-2-18(16-20-4-3-5-20)17-29-25(28)22-11-9-21(10-12-22)24(27)15-8-19-6-13-23(26)14-7-19/h2-4,6-15,18,20H,1,5,16-17H2/b15-8+.